The van der Waals surface area contributed by atoms with Crippen molar-refractivity contribution in [3.63, 3.8) is 0 Å². The number of hydrogen-bond donors (Lipinski definition) is 0. The summed E-state index contributed by atoms with van der Waals surface area (Å²) in [5, 5.41) is 5.21. The second-order valence-electron chi connectivity index (χ2n) is 8.34. The van der Waals surface area contributed by atoms with Gasteiger partial charge in [0, 0.05) is 18.3 Å². The predicted molar refractivity (Wildman–Crippen MR) is 130 cm³/mol. The standard InChI is InChI=1S/C26H24N4O5/c1-13-7-8-16(9-14(13)2)30-24-21(15(3)28-30)22-18(12-27-24)25(31)29(26(22)32)17-10-19(33-4)23(35-6)20(11-17)34-5/h7-12H,1-6H3. The molecule has 0 saturated carbocycles. The van der Waals surface area contributed by atoms with E-state index in [1.165, 1.54) is 27.5 Å². The number of hydrogen-bond acceptors (Lipinski definition) is 7. The minimum absolute atomic E-state index is 0.221. The van der Waals surface area contributed by atoms with E-state index in [1.807, 2.05) is 39.0 Å². The molecule has 4 aromatic rings. The first-order valence-corrected chi connectivity index (χ1v) is 11.0. The summed E-state index contributed by atoms with van der Waals surface area (Å²) in [5.41, 5.74) is 5.03. The second kappa shape index (κ2) is 8.12. The van der Waals surface area contributed by atoms with Crippen molar-refractivity contribution in [2.75, 3.05) is 26.2 Å². The van der Waals surface area contributed by atoms with E-state index in [2.05, 4.69) is 10.1 Å². The molecule has 0 N–H and O–H groups in total. The van der Waals surface area contributed by atoms with Gasteiger partial charge in [-0.1, -0.05) is 6.07 Å². The van der Waals surface area contributed by atoms with Crippen LogP contribution < -0.4 is 19.1 Å². The number of amides is 2. The maximum atomic E-state index is 13.7. The van der Waals surface area contributed by atoms with Crippen molar-refractivity contribution in [2.24, 2.45) is 0 Å². The van der Waals surface area contributed by atoms with Crippen LogP contribution in [0.1, 0.15) is 37.5 Å². The Morgan fingerprint density at radius 3 is 2.09 bits per heavy atom. The molecule has 0 spiro atoms. The summed E-state index contributed by atoms with van der Waals surface area (Å²) in [6, 6.07) is 9.13. The molecular weight excluding hydrogens is 448 g/mol. The number of methoxy groups -OCH3 is 3. The predicted octanol–water partition coefficient (Wildman–Crippen LogP) is 4.17. The molecule has 0 bridgehead atoms. The number of carbonyl (C=O) groups excluding carboxylic acids is 2. The van der Waals surface area contributed by atoms with Crippen molar-refractivity contribution in [1.82, 2.24) is 14.8 Å². The fraction of sp³-hybridized carbons (Fsp3) is 0.231. The van der Waals surface area contributed by atoms with E-state index in [4.69, 9.17) is 14.2 Å². The third-order valence-electron chi connectivity index (χ3n) is 6.36. The highest BCUT2D eigenvalue weighted by atomic mass is 16.5. The zero-order chi connectivity index (χ0) is 25.0. The minimum Gasteiger partial charge on any atom is -0.493 e. The molecule has 0 fully saturated rings. The fourth-order valence-electron chi connectivity index (χ4n) is 4.43. The van der Waals surface area contributed by atoms with Crippen molar-refractivity contribution in [3.05, 3.63) is 64.5 Å². The van der Waals surface area contributed by atoms with Crippen LogP contribution in [0.2, 0.25) is 0 Å². The summed E-state index contributed by atoms with van der Waals surface area (Å²) < 4.78 is 17.9. The third kappa shape index (κ3) is 3.23. The first-order chi connectivity index (χ1) is 16.8. The van der Waals surface area contributed by atoms with E-state index in [9.17, 15) is 9.59 Å². The SMILES string of the molecule is COc1cc(N2C(=O)c3cnc4c(c(C)nn4-c4ccc(C)c(C)c4)c3C2=O)cc(OC)c1OC. The molecule has 0 radical (unpaired) electrons. The lowest BCUT2D eigenvalue weighted by Crippen LogP contribution is -2.29. The Labute approximate surface area is 201 Å². The van der Waals surface area contributed by atoms with E-state index in [-0.39, 0.29) is 11.1 Å². The molecule has 1 aliphatic rings. The van der Waals surface area contributed by atoms with Gasteiger partial charge in [0.15, 0.2) is 17.1 Å². The molecule has 1 aliphatic heterocycles. The van der Waals surface area contributed by atoms with Crippen molar-refractivity contribution in [1.29, 1.82) is 0 Å². The van der Waals surface area contributed by atoms with Crippen molar-refractivity contribution < 1.29 is 23.8 Å². The zero-order valence-corrected chi connectivity index (χ0v) is 20.3. The van der Waals surface area contributed by atoms with E-state index in [1.54, 1.807) is 16.8 Å². The summed E-state index contributed by atoms with van der Waals surface area (Å²) in [4.78, 5) is 32.7. The maximum absolute atomic E-state index is 13.7. The van der Waals surface area contributed by atoms with Gasteiger partial charge in [-0.15, -0.1) is 0 Å². The van der Waals surface area contributed by atoms with E-state index < -0.39 is 11.8 Å². The molecule has 2 aromatic carbocycles. The number of fused-ring (bicyclic) bond motifs is 3. The maximum Gasteiger partial charge on any atom is 0.267 e. The van der Waals surface area contributed by atoms with Crippen molar-refractivity contribution in [2.45, 2.75) is 20.8 Å². The molecule has 0 unspecified atom stereocenters. The molecule has 35 heavy (non-hydrogen) atoms. The van der Waals surface area contributed by atoms with Crippen LogP contribution in [0.5, 0.6) is 17.2 Å². The van der Waals surface area contributed by atoms with Gasteiger partial charge in [0.05, 0.1) is 54.9 Å². The third-order valence-corrected chi connectivity index (χ3v) is 6.36. The van der Waals surface area contributed by atoms with Gasteiger partial charge in [0.1, 0.15) is 0 Å². The highest BCUT2D eigenvalue weighted by molar-refractivity contribution is 6.37. The molecule has 2 amide bonds. The van der Waals surface area contributed by atoms with Gasteiger partial charge >= 0.3 is 0 Å². The van der Waals surface area contributed by atoms with E-state index in [0.717, 1.165) is 21.7 Å². The highest BCUT2D eigenvalue weighted by Gasteiger charge is 2.40. The summed E-state index contributed by atoms with van der Waals surface area (Å²) in [6.45, 7) is 5.88. The van der Waals surface area contributed by atoms with Gasteiger partial charge in [-0.2, -0.15) is 5.10 Å². The molecule has 9 nitrogen and oxygen atoms in total. The van der Waals surface area contributed by atoms with Gasteiger partial charge in [-0.25, -0.2) is 14.6 Å². The number of anilines is 1. The summed E-state index contributed by atoms with van der Waals surface area (Å²) in [6.07, 6.45) is 1.44. The van der Waals surface area contributed by atoms with Crippen LogP contribution in [0, 0.1) is 20.8 Å². The quantitative estimate of drug-likeness (QED) is 0.402. The first-order valence-electron chi connectivity index (χ1n) is 11.0. The second-order valence-corrected chi connectivity index (χ2v) is 8.34. The average molecular weight is 473 g/mol. The number of aromatic nitrogens is 3. The smallest absolute Gasteiger partial charge is 0.267 e. The number of carbonyl (C=O) groups is 2. The molecule has 0 saturated heterocycles. The molecule has 5 rings (SSSR count). The van der Waals surface area contributed by atoms with Gasteiger partial charge in [-0.05, 0) is 44.0 Å². The Bertz CT molecular complexity index is 1510. The fourth-order valence-corrected chi connectivity index (χ4v) is 4.43. The monoisotopic (exact) mass is 472 g/mol. The van der Waals surface area contributed by atoms with Crippen molar-refractivity contribution >= 4 is 28.5 Å². The lowest BCUT2D eigenvalue weighted by Gasteiger charge is -2.18. The number of imide groups is 1. The van der Waals surface area contributed by atoms with Crippen LogP contribution in [0.4, 0.5) is 5.69 Å². The molecule has 0 atom stereocenters. The zero-order valence-electron chi connectivity index (χ0n) is 20.3. The molecule has 9 heteroatoms. The number of aryl methyl sites for hydroxylation is 3. The van der Waals surface area contributed by atoms with Crippen molar-refractivity contribution in [3.8, 4) is 22.9 Å². The lowest BCUT2D eigenvalue weighted by atomic mass is 10.1. The average Bonchev–Trinajstić information content (AvgIpc) is 3.33. The van der Waals surface area contributed by atoms with Gasteiger partial charge in [0.25, 0.3) is 11.8 Å². The highest BCUT2D eigenvalue weighted by Crippen LogP contribution is 2.43. The Morgan fingerprint density at radius 2 is 1.49 bits per heavy atom. The topological polar surface area (TPSA) is 95.8 Å². The Balaban J connectivity index is 1.68. The molecule has 2 aromatic heterocycles. The van der Waals surface area contributed by atoms with Gasteiger partial charge < -0.3 is 14.2 Å². The van der Waals surface area contributed by atoms with E-state index >= 15 is 0 Å². The molecule has 178 valence electrons. The minimum atomic E-state index is -0.480. The summed E-state index contributed by atoms with van der Waals surface area (Å²) >= 11 is 0. The summed E-state index contributed by atoms with van der Waals surface area (Å²) in [5.74, 6) is 0.0900. The Kier molecular flexibility index (Phi) is 5.20. The molecular formula is C26H24N4O5. The van der Waals surface area contributed by atoms with Gasteiger partial charge in [0.2, 0.25) is 5.75 Å². The first kappa shape index (κ1) is 22.4. The largest absolute Gasteiger partial charge is 0.493 e. The van der Waals surface area contributed by atoms with Crippen LogP contribution in [-0.4, -0.2) is 47.9 Å². The summed E-state index contributed by atoms with van der Waals surface area (Å²) in [7, 11) is 4.43. The van der Waals surface area contributed by atoms with Crippen LogP contribution in [0.25, 0.3) is 16.7 Å². The van der Waals surface area contributed by atoms with Gasteiger partial charge in [-0.3, -0.25) is 9.59 Å². The number of pyridine rings is 1. The number of benzene rings is 2. The van der Waals surface area contributed by atoms with E-state index in [0.29, 0.717) is 39.7 Å². The van der Waals surface area contributed by atoms with Crippen LogP contribution in [0.3, 0.4) is 0 Å². The van der Waals surface area contributed by atoms with Crippen LogP contribution in [0.15, 0.2) is 36.5 Å². The molecule has 0 aliphatic carbocycles. The number of ether oxygens (including phenoxy) is 3. The number of nitrogens with zero attached hydrogens (tertiary/aromatic N) is 4. The Morgan fingerprint density at radius 1 is 0.800 bits per heavy atom. The van der Waals surface area contributed by atoms with Crippen LogP contribution >= 0.6 is 0 Å². The number of rotatable bonds is 5. The van der Waals surface area contributed by atoms with Crippen LogP contribution in [-0.2, 0) is 0 Å². The lowest BCUT2D eigenvalue weighted by molar-refractivity contribution is 0.0926. The normalized spacial score (nSPS) is 12.9. The molecule has 3 heterocycles. The Hall–Kier alpha value is -4.40.